The largest absolute Gasteiger partial charge is 0.507 e. The lowest BCUT2D eigenvalue weighted by Crippen LogP contribution is -2.33. The van der Waals surface area contributed by atoms with Crippen molar-refractivity contribution in [2.75, 3.05) is 20.1 Å². The first kappa shape index (κ1) is 17.0. The Morgan fingerprint density at radius 3 is 2.69 bits per heavy atom. The van der Waals surface area contributed by atoms with Gasteiger partial charge in [0.2, 0.25) is 0 Å². The lowest BCUT2D eigenvalue weighted by Gasteiger charge is -2.29. The average molecular weight is 347 g/mol. The van der Waals surface area contributed by atoms with Crippen LogP contribution in [0.3, 0.4) is 0 Å². The summed E-state index contributed by atoms with van der Waals surface area (Å²) in [6, 6.07) is 14.0. The molecule has 1 N–H and O–H groups in total. The first-order valence-electron chi connectivity index (χ1n) is 9.34. The number of phenols is 1. The standard InChI is InChI=1S/C22H25N3O/c1-15-9-10-19(21(26)12-15)22-18-8-4-3-7-17(18)20(23-24-22)13-16-6-5-11-25(2)14-16/h3-4,7-10,12,16,26H,5-6,11,13-14H2,1-2H3. The Morgan fingerprint density at radius 2 is 1.92 bits per heavy atom. The van der Waals surface area contributed by atoms with Crippen LogP contribution >= 0.6 is 0 Å². The Labute approximate surface area is 154 Å². The maximum absolute atomic E-state index is 10.4. The molecular formula is C22H25N3O. The van der Waals surface area contributed by atoms with E-state index in [1.54, 1.807) is 6.07 Å². The van der Waals surface area contributed by atoms with Crippen molar-refractivity contribution < 1.29 is 5.11 Å². The molecule has 4 nitrogen and oxygen atoms in total. The van der Waals surface area contributed by atoms with Crippen molar-refractivity contribution in [3.8, 4) is 17.0 Å². The van der Waals surface area contributed by atoms with Crippen LogP contribution in [0.5, 0.6) is 5.75 Å². The number of rotatable bonds is 3. The number of phenolic OH excluding ortho intramolecular Hbond substituents is 1. The summed E-state index contributed by atoms with van der Waals surface area (Å²) in [6.07, 6.45) is 3.46. The second-order valence-corrected chi connectivity index (χ2v) is 7.54. The summed E-state index contributed by atoms with van der Waals surface area (Å²) in [6.45, 7) is 4.28. The van der Waals surface area contributed by atoms with Crippen LogP contribution in [0.1, 0.15) is 24.1 Å². The zero-order valence-electron chi connectivity index (χ0n) is 15.4. The van der Waals surface area contributed by atoms with Gasteiger partial charge in [-0.15, -0.1) is 5.10 Å². The van der Waals surface area contributed by atoms with Gasteiger partial charge in [-0.3, -0.25) is 0 Å². The van der Waals surface area contributed by atoms with Gasteiger partial charge in [0.05, 0.1) is 5.69 Å². The Morgan fingerprint density at radius 1 is 1.12 bits per heavy atom. The predicted molar refractivity (Wildman–Crippen MR) is 105 cm³/mol. The number of aryl methyl sites for hydroxylation is 1. The van der Waals surface area contributed by atoms with Crippen molar-refractivity contribution in [1.82, 2.24) is 15.1 Å². The quantitative estimate of drug-likeness (QED) is 0.772. The van der Waals surface area contributed by atoms with Crippen molar-refractivity contribution in [2.24, 2.45) is 5.92 Å². The van der Waals surface area contributed by atoms with E-state index in [-0.39, 0.29) is 5.75 Å². The number of piperidine rings is 1. The van der Waals surface area contributed by atoms with Crippen molar-refractivity contribution in [3.05, 3.63) is 53.7 Å². The van der Waals surface area contributed by atoms with Gasteiger partial charge in [0.1, 0.15) is 11.4 Å². The van der Waals surface area contributed by atoms with E-state index in [2.05, 4.69) is 40.3 Å². The molecule has 2 aromatic carbocycles. The summed E-state index contributed by atoms with van der Waals surface area (Å²) < 4.78 is 0. The van der Waals surface area contributed by atoms with Crippen LogP contribution in [-0.4, -0.2) is 40.3 Å². The molecule has 2 heterocycles. The topological polar surface area (TPSA) is 49.2 Å². The molecule has 0 radical (unpaired) electrons. The third-order valence-corrected chi connectivity index (χ3v) is 5.38. The van der Waals surface area contributed by atoms with E-state index >= 15 is 0 Å². The number of fused-ring (bicyclic) bond motifs is 1. The zero-order valence-corrected chi connectivity index (χ0v) is 15.4. The number of aromatic hydroxyl groups is 1. The van der Waals surface area contributed by atoms with E-state index in [9.17, 15) is 5.11 Å². The van der Waals surface area contributed by atoms with E-state index in [0.717, 1.165) is 46.3 Å². The molecule has 134 valence electrons. The summed E-state index contributed by atoms with van der Waals surface area (Å²) >= 11 is 0. The maximum Gasteiger partial charge on any atom is 0.125 e. The molecule has 1 fully saturated rings. The molecule has 0 saturated carbocycles. The van der Waals surface area contributed by atoms with E-state index in [0.29, 0.717) is 5.92 Å². The molecule has 1 unspecified atom stereocenters. The number of hydrogen-bond acceptors (Lipinski definition) is 4. The molecule has 1 saturated heterocycles. The fraction of sp³-hybridized carbons (Fsp3) is 0.364. The van der Waals surface area contributed by atoms with Crippen LogP contribution in [0, 0.1) is 12.8 Å². The fourth-order valence-corrected chi connectivity index (χ4v) is 4.06. The van der Waals surface area contributed by atoms with Crippen LogP contribution in [0.2, 0.25) is 0 Å². The van der Waals surface area contributed by atoms with E-state index in [1.165, 1.54) is 19.4 Å². The van der Waals surface area contributed by atoms with Crippen LogP contribution in [0.4, 0.5) is 0 Å². The number of hydrogen-bond donors (Lipinski definition) is 1. The van der Waals surface area contributed by atoms with Gasteiger partial charge >= 0.3 is 0 Å². The van der Waals surface area contributed by atoms with Crippen LogP contribution in [-0.2, 0) is 6.42 Å². The normalized spacial score (nSPS) is 18.3. The highest BCUT2D eigenvalue weighted by atomic mass is 16.3. The molecule has 0 bridgehead atoms. The number of likely N-dealkylation sites (tertiary alicyclic amines) is 1. The van der Waals surface area contributed by atoms with E-state index < -0.39 is 0 Å². The Bertz CT molecular complexity index is 938. The summed E-state index contributed by atoms with van der Waals surface area (Å²) in [4.78, 5) is 2.41. The molecule has 3 aromatic rings. The van der Waals surface area contributed by atoms with Crippen molar-refractivity contribution >= 4 is 10.8 Å². The minimum Gasteiger partial charge on any atom is -0.507 e. The monoisotopic (exact) mass is 347 g/mol. The van der Waals surface area contributed by atoms with E-state index in [4.69, 9.17) is 0 Å². The smallest absolute Gasteiger partial charge is 0.125 e. The molecule has 0 amide bonds. The summed E-state index contributed by atoms with van der Waals surface area (Å²) in [5.41, 5.74) is 3.59. The van der Waals surface area contributed by atoms with Crippen molar-refractivity contribution in [1.29, 1.82) is 0 Å². The Hall–Kier alpha value is -2.46. The first-order chi connectivity index (χ1) is 12.6. The lowest BCUT2D eigenvalue weighted by molar-refractivity contribution is 0.208. The molecule has 26 heavy (non-hydrogen) atoms. The predicted octanol–water partition coefficient (Wildman–Crippen LogP) is 4.20. The number of aromatic nitrogens is 2. The van der Waals surface area contributed by atoms with Crippen LogP contribution < -0.4 is 0 Å². The highest BCUT2D eigenvalue weighted by molar-refractivity contribution is 5.96. The molecular weight excluding hydrogens is 322 g/mol. The van der Waals surface area contributed by atoms with Crippen molar-refractivity contribution in [2.45, 2.75) is 26.2 Å². The number of benzene rings is 2. The van der Waals surface area contributed by atoms with Gasteiger partial charge < -0.3 is 10.0 Å². The van der Waals surface area contributed by atoms with Gasteiger partial charge in [0, 0.05) is 22.9 Å². The SMILES string of the molecule is Cc1ccc(-c2nnc(CC3CCCN(C)C3)c3ccccc23)c(O)c1. The molecule has 4 rings (SSSR count). The molecule has 4 heteroatoms. The summed E-state index contributed by atoms with van der Waals surface area (Å²) in [5, 5.41) is 21.7. The van der Waals surface area contributed by atoms with Crippen molar-refractivity contribution in [3.63, 3.8) is 0 Å². The fourth-order valence-electron chi connectivity index (χ4n) is 4.06. The Balaban J connectivity index is 1.76. The van der Waals surface area contributed by atoms with Gasteiger partial charge in [-0.1, -0.05) is 30.3 Å². The van der Waals surface area contributed by atoms with Gasteiger partial charge in [-0.25, -0.2) is 0 Å². The van der Waals surface area contributed by atoms with Crippen LogP contribution in [0.25, 0.3) is 22.0 Å². The third kappa shape index (κ3) is 3.29. The third-order valence-electron chi connectivity index (χ3n) is 5.38. The maximum atomic E-state index is 10.4. The highest BCUT2D eigenvalue weighted by Gasteiger charge is 2.20. The van der Waals surface area contributed by atoms with Gasteiger partial charge in [-0.05, 0) is 63.4 Å². The minimum atomic E-state index is 0.256. The molecule has 1 aromatic heterocycles. The van der Waals surface area contributed by atoms with Gasteiger partial charge in [-0.2, -0.15) is 5.10 Å². The Kier molecular flexibility index (Phi) is 4.60. The first-order valence-corrected chi connectivity index (χ1v) is 9.34. The van der Waals surface area contributed by atoms with Gasteiger partial charge in [0.25, 0.3) is 0 Å². The lowest BCUT2D eigenvalue weighted by atomic mass is 9.91. The zero-order chi connectivity index (χ0) is 18.1. The van der Waals surface area contributed by atoms with E-state index in [1.807, 2.05) is 25.1 Å². The van der Waals surface area contributed by atoms with Gasteiger partial charge in [0.15, 0.2) is 0 Å². The highest BCUT2D eigenvalue weighted by Crippen LogP contribution is 2.34. The summed E-state index contributed by atoms with van der Waals surface area (Å²) in [7, 11) is 2.19. The molecule has 0 spiro atoms. The number of nitrogens with zero attached hydrogens (tertiary/aromatic N) is 3. The average Bonchev–Trinajstić information content (AvgIpc) is 2.63. The molecule has 0 aliphatic carbocycles. The van der Waals surface area contributed by atoms with Crippen LogP contribution in [0.15, 0.2) is 42.5 Å². The minimum absolute atomic E-state index is 0.256. The molecule has 1 aliphatic rings. The summed E-state index contributed by atoms with van der Waals surface area (Å²) in [5.74, 6) is 0.885. The second kappa shape index (κ2) is 7.04. The molecule has 1 atom stereocenters. The second-order valence-electron chi connectivity index (χ2n) is 7.54. The molecule has 1 aliphatic heterocycles.